The first-order valence-electron chi connectivity index (χ1n) is 5.93. The molecule has 2 atom stereocenters. The minimum Gasteiger partial charge on any atom is -0.385 e. The third-order valence-corrected chi connectivity index (χ3v) is 2.02. The lowest BCUT2D eigenvalue weighted by Gasteiger charge is -2.05. The number of oxime groups is 2. The van der Waals surface area contributed by atoms with E-state index in [-0.39, 0.29) is 25.7 Å². The molecule has 110 valence electrons. The molecule has 0 aromatic heterocycles. The maximum absolute atomic E-state index is 10.5. The van der Waals surface area contributed by atoms with Crippen LogP contribution in [0.5, 0.6) is 0 Å². The Morgan fingerprint density at radius 1 is 0.750 bits per heavy atom. The fourth-order valence-corrected chi connectivity index (χ4v) is 1.04. The zero-order chi connectivity index (χ0) is 15.1. The van der Waals surface area contributed by atoms with Crippen molar-refractivity contribution in [1.29, 1.82) is 0 Å². The number of carbonyl (C=O) groups is 4. The molecule has 0 bridgehead atoms. The molecule has 20 heavy (non-hydrogen) atoms. The highest BCUT2D eigenvalue weighted by Gasteiger charge is 2.07. The lowest BCUT2D eigenvalue weighted by Crippen LogP contribution is -2.12. The van der Waals surface area contributed by atoms with Gasteiger partial charge in [0.15, 0.2) is 24.8 Å². The van der Waals surface area contributed by atoms with E-state index in [2.05, 4.69) is 10.3 Å². The molecule has 8 heteroatoms. The monoisotopic (exact) mass is 284 g/mol. The van der Waals surface area contributed by atoms with Gasteiger partial charge in [-0.3, -0.25) is 9.59 Å². The van der Waals surface area contributed by atoms with Gasteiger partial charge in [0.25, 0.3) is 0 Å². The Hall–Kier alpha value is -2.38. The minimum absolute atomic E-state index is 0.202. The molecule has 0 N–H and O–H groups in total. The summed E-state index contributed by atoms with van der Waals surface area (Å²) in [7, 11) is 0. The highest BCUT2D eigenvalue weighted by atomic mass is 16.6. The minimum atomic E-state index is -0.791. The SMILES string of the molecule is O=CCCC(C=O)O/N=C/C=N/OC(C=O)CCC=O. The lowest BCUT2D eigenvalue weighted by molar-refractivity contribution is -0.120. The molecule has 8 nitrogen and oxygen atoms in total. The van der Waals surface area contributed by atoms with Crippen molar-refractivity contribution in [2.24, 2.45) is 10.3 Å². The summed E-state index contributed by atoms with van der Waals surface area (Å²) in [6.45, 7) is 0. The topological polar surface area (TPSA) is 111 Å². The molecule has 0 fully saturated rings. The summed E-state index contributed by atoms with van der Waals surface area (Å²) in [4.78, 5) is 50.8. The molecule has 2 unspecified atom stereocenters. The number of aldehydes is 4. The van der Waals surface area contributed by atoms with Crippen molar-refractivity contribution in [1.82, 2.24) is 0 Å². The van der Waals surface area contributed by atoms with Gasteiger partial charge in [-0.1, -0.05) is 10.3 Å². The zero-order valence-electron chi connectivity index (χ0n) is 10.8. The van der Waals surface area contributed by atoms with Crippen LogP contribution in [0.25, 0.3) is 0 Å². The molecule has 0 aliphatic heterocycles. The van der Waals surface area contributed by atoms with E-state index in [1.807, 2.05) is 0 Å². The Balaban J connectivity index is 3.93. The van der Waals surface area contributed by atoms with Crippen LogP contribution in [0.3, 0.4) is 0 Å². The Morgan fingerprint density at radius 3 is 1.45 bits per heavy atom. The number of hydrogen-bond donors (Lipinski definition) is 0. The van der Waals surface area contributed by atoms with E-state index >= 15 is 0 Å². The fraction of sp³-hybridized carbons (Fsp3) is 0.500. The van der Waals surface area contributed by atoms with E-state index in [0.29, 0.717) is 25.1 Å². The summed E-state index contributed by atoms with van der Waals surface area (Å²) in [5.74, 6) is 0. The van der Waals surface area contributed by atoms with Gasteiger partial charge < -0.3 is 19.3 Å². The molecule has 0 heterocycles. The molecule has 0 aromatic carbocycles. The van der Waals surface area contributed by atoms with Gasteiger partial charge in [0.1, 0.15) is 12.6 Å². The van der Waals surface area contributed by atoms with E-state index in [1.54, 1.807) is 0 Å². The number of carbonyl (C=O) groups excluding carboxylic acids is 4. The molecule has 0 radical (unpaired) electrons. The molecule has 0 amide bonds. The van der Waals surface area contributed by atoms with Crippen LogP contribution in [-0.4, -0.2) is 49.8 Å². The molecular formula is C12H16N2O6. The highest BCUT2D eigenvalue weighted by Crippen LogP contribution is 1.99. The standard InChI is InChI=1S/C12H16N2O6/c15-7-1-3-11(9-17)19-13-5-6-14-20-12(10-18)4-2-8-16/h5-12H,1-4H2/b13-5+,14-6+. The van der Waals surface area contributed by atoms with Crippen molar-refractivity contribution in [2.45, 2.75) is 37.9 Å². The van der Waals surface area contributed by atoms with Crippen LogP contribution >= 0.6 is 0 Å². The van der Waals surface area contributed by atoms with Gasteiger partial charge in [0.05, 0.1) is 12.4 Å². The molecular weight excluding hydrogens is 268 g/mol. The van der Waals surface area contributed by atoms with E-state index in [4.69, 9.17) is 9.68 Å². The summed E-state index contributed by atoms with van der Waals surface area (Å²) in [6, 6.07) is 0. The Bertz CT molecular complexity index is 322. The summed E-state index contributed by atoms with van der Waals surface area (Å²) in [6.07, 6.45) is 4.00. The molecule has 0 aromatic rings. The quantitative estimate of drug-likeness (QED) is 0.269. The van der Waals surface area contributed by atoms with Gasteiger partial charge in [-0.2, -0.15) is 0 Å². The van der Waals surface area contributed by atoms with Crippen LogP contribution < -0.4 is 0 Å². The second kappa shape index (κ2) is 13.1. The van der Waals surface area contributed by atoms with Gasteiger partial charge in [0.2, 0.25) is 0 Å². The molecule has 0 saturated heterocycles. The molecule has 0 saturated carbocycles. The van der Waals surface area contributed by atoms with Gasteiger partial charge in [-0.15, -0.1) is 0 Å². The summed E-state index contributed by atoms with van der Waals surface area (Å²) >= 11 is 0. The maximum Gasteiger partial charge on any atom is 0.182 e. The van der Waals surface area contributed by atoms with E-state index in [9.17, 15) is 19.2 Å². The Morgan fingerprint density at radius 2 is 1.15 bits per heavy atom. The van der Waals surface area contributed by atoms with Crippen molar-refractivity contribution in [3.05, 3.63) is 0 Å². The van der Waals surface area contributed by atoms with Gasteiger partial charge in [0, 0.05) is 25.7 Å². The number of rotatable bonds is 13. The molecule has 0 rings (SSSR count). The predicted octanol–water partition coefficient (Wildman–Crippen LogP) is 0.0844. The van der Waals surface area contributed by atoms with Crippen molar-refractivity contribution >= 4 is 37.6 Å². The zero-order valence-corrected chi connectivity index (χ0v) is 10.8. The van der Waals surface area contributed by atoms with E-state index in [1.165, 1.54) is 0 Å². The Labute approximate surface area is 115 Å². The van der Waals surface area contributed by atoms with Crippen LogP contribution in [0.15, 0.2) is 10.3 Å². The van der Waals surface area contributed by atoms with Crippen LogP contribution in [-0.2, 0) is 28.9 Å². The van der Waals surface area contributed by atoms with Crippen LogP contribution in [0.2, 0.25) is 0 Å². The maximum atomic E-state index is 10.5. The smallest absolute Gasteiger partial charge is 0.182 e. The van der Waals surface area contributed by atoms with Crippen LogP contribution in [0.1, 0.15) is 25.7 Å². The summed E-state index contributed by atoms with van der Waals surface area (Å²) in [5.41, 5.74) is 0. The van der Waals surface area contributed by atoms with Crippen molar-refractivity contribution in [2.75, 3.05) is 0 Å². The van der Waals surface area contributed by atoms with Crippen molar-refractivity contribution in [3.8, 4) is 0 Å². The third-order valence-electron chi connectivity index (χ3n) is 2.02. The highest BCUT2D eigenvalue weighted by molar-refractivity contribution is 6.15. The average molecular weight is 284 g/mol. The van der Waals surface area contributed by atoms with E-state index in [0.717, 1.165) is 12.4 Å². The van der Waals surface area contributed by atoms with Crippen LogP contribution in [0, 0.1) is 0 Å². The number of hydrogen-bond acceptors (Lipinski definition) is 8. The third kappa shape index (κ3) is 9.63. The molecule has 0 aliphatic carbocycles. The first-order chi connectivity index (χ1) is 9.78. The van der Waals surface area contributed by atoms with E-state index < -0.39 is 12.2 Å². The predicted molar refractivity (Wildman–Crippen MR) is 69.5 cm³/mol. The summed E-state index contributed by atoms with van der Waals surface area (Å²) in [5, 5.41) is 6.87. The van der Waals surface area contributed by atoms with Crippen molar-refractivity contribution in [3.63, 3.8) is 0 Å². The molecule has 0 spiro atoms. The fourth-order valence-electron chi connectivity index (χ4n) is 1.04. The summed E-state index contributed by atoms with van der Waals surface area (Å²) < 4.78 is 0. The van der Waals surface area contributed by atoms with Gasteiger partial charge in [-0.05, 0) is 0 Å². The molecule has 0 aliphatic rings. The average Bonchev–Trinajstić information content (AvgIpc) is 2.48. The largest absolute Gasteiger partial charge is 0.385 e. The van der Waals surface area contributed by atoms with Crippen LogP contribution in [0.4, 0.5) is 0 Å². The van der Waals surface area contributed by atoms with Gasteiger partial charge >= 0.3 is 0 Å². The lowest BCUT2D eigenvalue weighted by atomic mass is 10.2. The van der Waals surface area contributed by atoms with Gasteiger partial charge in [-0.25, -0.2) is 0 Å². The normalized spacial score (nSPS) is 13.8. The van der Waals surface area contributed by atoms with Crippen molar-refractivity contribution < 1.29 is 28.9 Å². The second-order valence-electron chi connectivity index (χ2n) is 3.56. The first kappa shape index (κ1) is 17.6. The Kier molecular flexibility index (Phi) is 11.5. The number of nitrogens with zero attached hydrogens (tertiary/aromatic N) is 2. The first-order valence-corrected chi connectivity index (χ1v) is 5.93. The second-order valence-corrected chi connectivity index (χ2v) is 3.56.